The zero-order valence-corrected chi connectivity index (χ0v) is 17.9. The zero-order chi connectivity index (χ0) is 20.8. The van der Waals surface area contributed by atoms with Gasteiger partial charge in [-0.3, -0.25) is 14.9 Å². The van der Waals surface area contributed by atoms with Crippen LogP contribution in [0.5, 0.6) is 0 Å². The average molecular weight is 456 g/mol. The van der Waals surface area contributed by atoms with Gasteiger partial charge in [-0.2, -0.15) is 0 Å². The molecule has 0 radical (unpaired) electrons. The molecule has 6 nitrogen and oxygen atoms in total. The van der Waals surface area contributed by atoms with Gasteiger partial charge in [0.1, 0.15) is 0 Å². The van der Waals surface area contributed by atoms with Crippen LogP contribution in [0, 0.1) is 6.92 Å². The minimum absolute atomic E-state index is 0.176. The number of carbonyl (C=O) groups excluding carboxylic acids is 1. The van der Waals surface area contributed by atoms with E-state index in [1.807, 2.05) is 38.1 Å². The summed E-state index contributed by atoms with van der Waals surface area (Å²) >= 11 is 3.39. The maximum atomic E-state index is 12.7. The van der Waals surface area contributed by atoms with Crippen molar-refractivity contribution in [3.05, 3.63) is 80.2 Å². The number of unbranched alkanes of at least 4 members (excludes halogenated alkanes) is 1. The van der Waals surface area contributed by atoms with Gasteiger partial charge >= 0.3 is 5.97 Å². The summed E-state index contributed by atoms with van der Waals surface area (Å²) < 4.78 is 7.62. The van der Waals surface area contributed by atoms with Crippen LogP contribution in [-0.2, 0) is 4.74 Å². The number of nitrogens with zero attached hydrogens (tertiary/aromatic N) is 2. The quantitative estimate of drug-likeness (QED) is 0.311. The van der Waals surface area contributed by atoms with Crippen molar-refractivity contribution in [3.8, 4) is 5.69 Å². The highest BCUT2D eigenvalue weighted by Gasteiger charge is 2.11. The van der Waals surface area contributed by atoms with Crippen LogP contribution in [0.15, 0.2) is 62.8 Å². The van der Waals surface area contributed by atoms with E-state index in [4.69, 9.17) is 4.74 Å². The molecule has 0 saturated heterocycles. The second-order valence-electron chi connectivity index (χ2n) is 6.56. The molecular weight excluding hydrogens is 434 g/mol. The van der Waals surface area contributed by atoms with Crippen molar-refractivity contribution >= 4 is 33.8 Å². The highest BCUT2D eigenvalue weighted by molar-refractivity contribution is 9.10. The summed E-state index contributed by atoms with van der Waals surface area (Å²) in [6.07, 6.45) is 3.36. The van der Waals surface area contributed by atoms with E-state index in [1.54, 1.807) is 24.3 Å². The molecule has 150 valence electrons. The van der Waals surface area contributed by atoms with Gasteiger partial charge in [-0.05, 0) is 61.9 Å². The van der Waals surface area contributed by atoms with Gasteiger partial charge in [0.15, 0.2) is 0 Å². The summed E-state index contributed by atoms with van der Waals surface area (Å²) in [5, 5.41) is 3.07. The second kappa shape index (κ2) is 9.52. The first-order valence-corrected chi connectivity index (χ1v) is 10.2. The Kier molecular flexibility index (Phi) is 6.82. The minimum Gasteiger partial charge on any atom is -0.462 e. The van der Waals surface area contributed by atoms with Crippen LogP contribution in [0.25, 0.3) is 5.69 Å². The molecule has 0 spiro atoms. The summed E-state index contributed by atoms with van der Waals surface area (Å²) in [6, 6.07) is 14.2. The average Bonchev–Trinajstić information content (AvgIpc) is 3.01. The first-order chi connectivity index (χ1) is 14.0. The molecule has 0 aliphatic carbocycles. The Morgan fingerprint density at radius 3 is 2.52 bits per heavy atom. The number of benzene rings is 2. The molecule has 0 bridgehead atoms. The van der Waals surface area contributed by atoms with Crippen molar-refractivity contribution in [2.75, 3.05) is 6.61 Å². The highest BCUT2D eigenvalue weighted by atomic mass is 79.9. The fourth-order valence-electron chi connectivity index (χ4n) is 2.70. The van der Waals surface area contributed by atoms with Gasteiger partial charge in [0.25, 0.3) is 5.56 Å². The molecule has 0 fully saturated rings. The van der Waals surface area contributed by atoms with Gasteiger partial charge in [-0.1, -0.05) is 29.3 Å². The lowest BCUT2D eigenvalue weighted by atomic mass is 10.2. The molecular formula is C22H22BrN3O3. The van der Waals surface area contributed by atoms with Crippen molar-refractivity contribution in [2.45, 2.75) is 26.7 Å². The minimum atomic E-state index is -0.340. The second-order valence-corrected chi connectivity index (χ2v) is 7.48. The standard InChI is InChI=1S/C22H22BrN3O3/c1-3-4-13-29-22(28)16-5-9-18(10-6-16)24-14-20-15(2)25-26(21(20)27)19-11-7-17(23)8-12-19/h5-12,14,25H,3-4,13H2,1-2H3. The molecule has 7 heteroatoms. The summed E-state index contributed by atoms with van der Waals surface area (Å²) in [5.74, 6) is -0.340. The number of H-pyrrole nitrogens is 1. The molecule has 1 heterocycles. The Bertz CT molecular complexity index is 1060. The Morgan fingerprint density at radius 2 is 1.86 bits per heavy atom. The monoisotopic (exact) mass is 455 g/mol. The first-order valence-electron chi connectivity index (χ1n) is 9.38. The van der Waals surface area contributed by atoms with E-state index >= 15 is 0 Å². The number of halogens is 1. The van der Waals surface area contributed by atoms with Crippen molar-refractivity contribution in [3.63, 3.8) is 0 Å². The number of aromatic nitrogens is 2. The third kappa shape index (κ3) is 5.12. The van der Waals surface area contributed by atoms with Gasteiger partial charge in [0.05, 0.1) is 29.1 Å². The van der Waals surface area contributed by atoms with E-state index < -0.39 is 0 Å². The number of hydrogen-bond acceptors (Lipinski definition) is 4. The third-order valence-corrected chi connectivity index (χ3v) is 4.91. The zero-order valence-electron chi connectivity index (χ0n) is 16.3. The molecule has 1 N–H and O–H groups in total. The van der Waals surface area contributed by atoms with Crippen LogP contribution < -0.4 is 5.56 Å². The maximum Gasteiger partial charge on any atom is 0.338 e. The number of hydrogen-bond donors (Lipinski definition) is 1. The van der Waals surface area contributed by atoms with E-state index in [9.17, 15) is 9.59 Å². The Labute approximate surface area is 177 Å². The van der Waals surface area contributed by atoms with Crippen LogP contribution in [0.3, 0.4) is 0 Å². The van der Waals surface area contributed by atoms with Gasteiger partial charge in [-0.15, -0.1) is 0 Å². The highest BCUT2D eigenvalue weighted by Crippen LogP contribution is 2.15. The summed E-state index contributed by atoms with van der Waals surface area (Å²) in [4.78, 5) is 29.1. The van der Waals surface area contributed by atoms with Crippen molar-refractivity contribution in [2.24, 2.45) is 4.99 Å². The van der Waals surface area contributed by atoms with E-state index in [2.05, 4.69) is 26.0 Å². The summed E-state index contributed by atoms with van der Waals surface area (Å²) in [6.45, 7) is 4.29. The predicted molar refractivity (Wildman–Crippen MR) is 118 cm³/mol. The molecule has 29 heavy (non-hydrogen) atoms. The van der Waals surface area contributed by atoms with Gasteiger partial charge in [0, 0.05) is 16.4 Å². The Balaban J connectivity index is 1.75. The van der Waals surface area contributed by atoms with E-state index in [-0.39, 0.29) is 11.5 Å². The first kappa shape index (κ1) is 20.8. The normalized spacial score (nSPS) is 11.1. The van der Waals surface area contributed by atoms with Crippen LogP contribution in [0.2, 0.25) is 0 Å². The largest absolute Gasteiger partial charge is 0.462 e. The summed E-state index contributed by atoms with van der Waals surface area (Å²) in [7, 11) is 0. The number of ether oxygens (including phenoxy) is 1. The van der Waals surface area contributed by atoms with Gasteiger partial charge < -0.3 is 4.74 Å². The molecule has 0 aliphatic heterocycles. The predicted octanol–water partition coefficient (Wildman–Crippen LogP) is 4.94. The number of esters is 1. The maximum absolute atomic E-state index is 12.7. The Morgan fingerprint density at radius 1 is 1.17 bits per heavy atom. The van der Waals surface area contributed by atoms with Crippen molar-refractivity contribution < 1.29 is 9.53 Å². The number of carbonyl (C=O) groups is 1. The number of aliphatic imine (C=N–C) groups is 1. The summed E-state index contributed by atoms with van der Waals surface area (Å²) in [5.41, 5.74) is 2.89. The molecule has 1 aromatic heterocycles. The van der Waals surface area contributed by atoms with Crippen LogP contribution in [-0.4, -0.2) is 28.6 Å². The smallest absolute Gasteiger partial charge is 0.338 e. The lowest BCUT2D eigenvalue weighted by Crippen LogP contribution is -2.17. The van der Waals surface area contributed by atoms with Crippen LogP contribution >= 0.6 is 15.9 Å². The van der Waals surface area contributed by atoms with Gasteiger partial charge in [-0.25, -0.2) is 9.48 Å². The molecule has 0 saturated carbocycles. The topological polar surface area (TPSA) is 76.4 Å². The van der Waals surface area contributed by atoms with Gasteiger partial charge in [0.2, 0.25) is 0 Å². The van der Waals surface area contributed by atoms with E-state index in [0.717, 1.165) is 28.7 Å². The van der Waals surface area contributed by atoms with Crippen LogP contribution in [0.4, 0.5) is 5.69 Å². The Hall–Kier alpha value is -2.93. The molecule has 3 aromatic rings. The molecule has 0 amide bonds. The molecule has 0 atom stereocenters. The van der Waals surface area contributed by atoms with E-state index in [1.165, 1.54) is 10.9 Å². The number of aryl methyl sites for hydroxylation is 1. The number of nitrogens with one attached hydrogen (secondary N) is 1. The molecule has 0 aliphatic rings. The fraction of sp³-hybridized carbons (Fsp3) is 0.227. The fourth-order valence-corrected chi connectivity index (χ4v) is 2.96. The van der Waals surface area contributed by atoms with Crippen molar-refractivity contribution in [1.29, 1.82) is 0 Å². The molecule has 3 rings (SSSR count). The lowest BCUT2D eigenvalue weighted by molar-refractivity contribution is 0.0500. The molecule has 2 aromatic carbocycles. The lowest BCUT2D eigenvalue weighted by Gasteiger charge is -2.03. The van der Waals surface area contributed by atoms with Crippen LogP contribution in [0.1, 0.15) is 41.4 Å². The number of aromatic amines is 1. The molecule has 0 unspecified atom stereocenters. The van der Waals surface area contributed by atoms with Crippen molar-refractivity contribution in [1.82, 2.24) is 9.78 Å². The SMILES string of the molecule is CCCCOC(=O)c1ccc(N=Cc2c(C)[nH]n(-c3ccc(Br)cc3)c2=O)cc1. The third-order valence-electron chi connectivity index (χ3n) is 4.38. The number of rotatable bonds is 7. The van der Waals surface area contributed by atoms with E-state index in [0.29, 0.717) is 23.4 Å².